The molecule has 1 aromatic rings. The fourth-order valence-electron chi connectivity index (χ4n) is 2.68. The van der Waals surface area contributed by atoms with Gasteiger partial charge in [0.25, 0.3) is 5.91 Å². The fraction of sp³-hybridized carbons (Fsp3) is 0.467. The van der Waals surface area contributed by atoms with Gasteiger partial charge in [-0.1, -0.05) is 0 Å². The van der Waals surface area contributed by atoms with E-state index in [0.29, 0.717) is 4.90 Å². The Labute approximate surface area is 142 Å². The lowest BCUT2D eigenvalue weighted by atomic mass is 10.0. The number of sulfone groups is 1. The molecule has 1 atom stereocenters. The second-order valence-electron chi connectivity index (χ2n) is 5.59. The Morgan fingerprint density at radius 3 is 2.48 bits per heavy atom. The lowest BCUT2D eigenvalue weighted by molar-refractivity contribution is -0.152. The molecule has 1 aromatic carbocycles. The van der Waals surface area contributed by atoms with Crippen LogP contribution in [-0.4, -0.2) is 50.8 Å². The van der Waals surface area contributed by atoms with Gasteiger partial charge in [-0.15, -0.1) is 0 Å². The van der Waals surface area contributed by atoms with Gasteiger partial charge in [0.1, 0.15) is 6.54 Å². The van der Waals surface area contributed by atoms with Crippen molar-refractivity contribution < 1.29 is 35.9 Å². The third-order valence-electron chi connectivity index (χ3n) is 3.69. The summed E-state index contributed by atoms with van der Waals surface area (Å²) in [4.78, 5) is 24.4. The van der Waals surface area contributed by atoms with Gasteiger partial charge < -0.3 is 9.64 Å². The van der Waals surface area contributed by atoms with Crippen LogP contribution in [-0.2, 0) is 19.4 Å². The summed E-state index contributed by atoms with van der Waals surface area (Å²) in [6, 6.07) is 2.24. The summed E-state index contributed by atoms with van der Waals surface area (Å²) in [7, 11) is -3.62. The summed E-state index contributed by atoms with van der Waals surface area (Å²) >= 11 is 0. The number of ether oxygens (including phenoxy) is 1. The van der Waals surface area contributed by atoms with E-state index in [1.54, 1.807) is 6.92 Å². The fourth-order valence-corrected chi connectivity index (χ4v) is 3.34. The van der Waals surface area contributed by atoms with E-state index >= 15 is 0 Å². The van der Waals surface area contributed by atoms with Crippen LogP contribution < -0.4 is 0 Å². The van der Waals surface area contributed by atoms with Crippen LogP contribution in [0.3, 0.4) is 0 Å². The SMILES string of the molecule is CCOC(=O)CC1c2cc(S(C)(=O)=O)ccc2C(=O)N1CC(F)(F)F. The first kappa shape index (κ1) is 19.2. The predicted octanol–water partition coefficient (Wildman–Crippen LogP) is 2.10. The van der Waals surface area contributed by atoms with Crippen molar-refractivity contribution in [3.63, 3.8) is 0 Å². The van der Waals surface area contributed by atoms with Crippen LogP contribution in [0.15, 0.2) is 23.1 Å². The van der Waals surface area contributed by atoms with Crippen molar-refractivity contribution in [2.24, 2.45) is 0 Å². The van der Waals surface area contributed by atoms with E-state index in [2.05, 4.69) is 0 Å². The van der Waals surface area contributed by atoms with Crippen molar-refractivity contribution in [3.8, 4) is 0 Å². The van der Waals surface area contributed by atoms with Crippen molar-refractivity contribution in [3.05, 3.63) is 29.3 Å². The van der Waals surface area contributed by atoms with Gasteiger partial charge in [0.15, 0.2) is 9.84 Å². The molecule has 138 valence electrons. The van der Waals surface area contributed by atoms with Crippen molar-refractivity contribution in [2.75, 3.05) is 19.4 Å². The second-order valence-corrected chi connectivity index (χ2v) is 7.61. The molecule has 6 nitrogen and oxygen atoms in total. The number of alkyl halides is 3. The zero-order chi connectivity index (χ0) is 19.0. The number of esters is 1. The van der Waals surface area contributed by atoms with E-state index in [1.165, 1.54) is 6.07 Å². The molecule has 25 heavy (non-hydrogen) atoms. The number of halogens is 3. The Hall–Kier alpha value is -2.10. The number of rotatable bonds is 5. The van der Waals surface area contributed by atoms with Gasteiger partial charge in [-0.25, -0.2) is 8.42 Å². The number of benzene rings is 1. The summed E-state index contributed by atoms with van der Waals surface area (Å²) < 4.78 is 66.6. The Bertz CT molecular complexity index is 804. The third-order valence-corrected chi connectivity index (χ3v) is 4.80. The van der Waals surface area contributed by atoms with Gasteiger partial charge in [-0.05, 0) is 30.7 Å². The number of nitrogens with zero attached hydrogens (tertiary/aromatic N) is 1. The van der Waals surface area contributed by atoms with Crippen molar-refractivity contribution in [2.45, 2.75) is 30.5 Å². The highest BCUT2D eigenvalue weighted by molar-refractivity contribution is 7.90. The molecule has 0 saturated carbocycles. The summed E-state index contributed by atoms with van der Waals surface area (Å²) in [6.07, 6.45) is -4.21. The minimum Gasteiger partial charge on any atom is -0.466 e. The van der Waals surface area contributed by atoms with Gasteiger partial charge in [-0.2, -0.15) is 13.2 Å². The molecule has 1 unspecified atom stereocenters. The van der Waals surface area contributed by atoms with E-state index in [1.807, 2.05) is 0 Å². The zero-order valence-corrected chi connectivity index (χ0v) is 14.3. The highest BCUT2D eigenvalue weighted by Gasteiger charge is 2.44. The van der Waals surface area contributed by atoms with E-state index in [9.17, 15) is 31.2 Å². The molecule has 0 spiro atoms. The average Bonchev–Trinajstić information content (AvgIpc) is 2.70. The Kier molecular flexibility index (Phi) is 5.12. The molecule has 0 radical (unpaired) electrons. The summed E-state index contributed by atoms with van der Waals surface area (Å²) in [5.74, 6) is -1.67. The van der Waals surface area contributed by atoms with Crippen LogP contribution >= 0.6 is 0 Å². The number of carbonyl (C=O) groups is 2. The molecule has 0 aliphatic carbocycles. The van der Waals surface area contributed by atoms with Crippen molar-refractivity contribution >= 4 is 21.7 Å². The van der Waals surface area contributed by atoms with E-state index in [-0.39, 0.29) is 22.6 Å². The summed E-state index contributed by atoms with van der Waals surface area (Å²) in [6.45, 7) is 0.0364. The molecule has 0 saturated heterocycles. The van der Waals surface area contributed by atoms with Crippen LogP contribution in [0.2, 0.25) is 0 Å². The normalized spacial score (nSPS) is 17.6. The number of carbonyl (C=O) groups excluding carboxylic acids is 2. The quantitative estimate of drug-likeness (QED) is 0.732. The topological polar surface area (TPSA) is 80.8 Å². The summed E-state index contributed by atoms with van der Waals surface area (Å²) in [5, 5.41) is 0. The van der Waals surface area contributed by atoms with Gasteiger partial charge >= 0.3 is 12.1 Å². The van der Waals surface area contributed by atoms with Gasteiger partial charge in [0.05, 0.1) is 24.0 Å². The summed E-state index contributed by atoms with van der Waals surface area (Å²) in [5.41, 5.74) is 0.0242. The predicted molar refractivity (Wildman–Crippen MR) is 80.6 cm³/mol. The third kappa shape index (κ3) is 4.30. The Morgan fingerprint density at radius 1 is 1.32 bits per heavy atom. The molecule has 1 aliphatic heterocycles. The largest absolute Gasteiger partial charge is 0.466 e. The number of fused-ring (bicyclic) bond motifs is 1. The van der Waals surface area contributed by atoms with Crippen LogP contribution in [0.1, 0.15) is 35.3 Å². The molecule has 1 heterocycles. The maximum atomic E-state index is 12.8. The van der Waals surface area contributed by atoms with E-state index < -0.39 is 46.9 Å². The van der Waals surface area contributed by atoms with E-state index in [4.69, 9.17) is 4.74 Å². The van der Waals surface area contributed by atoms with Crippen molar-refractivity contribution in [1.29, 1.82) is 0 Å². The highest BCUT2D eigenvalue weighted by atomic mass is 32.2. The molecule has 10 heteroatoms. The Balaban J connectivity index is 2.49. The first-order valence-electron chi connectivity index (χ1n) is 7.31. The minimum atomic E-state index is -4.66. The molecule has 0 bridgehead atoms. The molecule has 0 aromatic heterocycles. The molecular formula is C15H16F3NO5S. The highest BCUT2D eigenvalue weighted by Crippen LogP contribution is 2.39. The number of amides is 1. The van der Waals surface area contributed by atoms with Crippen LogP contribution in [0.5, 0.6) is 0 Å². The maximum absolute atomic E-state index is 12.8. The standard InChI is InChI=1S/C15H16F3NO5S/c1-3-24-13(20)7-12-11-6-9(25(2,22)23)4-5-10(11)14(21)19(12)8-15(16,17)18/h4-6,12H,3,7-8H2,1-2H3. The average molecular weight is 379 g/mol. The van der Waals surface area contributed by atoms with Crippen LogP contribution in [0.4, 0.5) is 13.2 Å². The monoisotopic (exact) mass is 379 g/mol. The van der Waals surface area contributed by atoms with E-state index in [0.717, 1.165) is 18.4 Å². The van der Waals surface area contributed by atoms with Gasteiger partial charge in [0, 0.05) is 11.8 Å². The number of hydrogen-bond acceptors (Lipinski definition) is 5. The first-order chi connectivity index (χ1) is 11.4. The maximum Gasteiger partial charge on any atom is 0.406 e. The first-order valence-corrected chi connectivity index (χ1v) is 9.20. The molecule has 2 rings (SSSR count). The van der Waals surface area contributed by atoms with Crippen molar-refractivity contribution in [1.82, 2.24) is 4.90 Å². The molecule has 1 aliphatic rings. The number of hydrogen-bond donors (Lipinski definition) is 0. The van der Waals surface area contributed by atoms with Gasteiger partial charge in [0.2, 0.25) is 0 Å². The Morgan fingerprint density at radius 2 is 1.96 bits per heavy atom. The minimum absolute atomic E-state index is 0.0367. The van der Waals surface area contributed by atoms with Crippen LogP contribution in [0.25, 0.3) is 0 Å². The molecule has 0 fully saturated rings. The van der Waals surface area contributed by atoms with Crippen LogP contribution in [0, 0.1) is 0 Å². The lowest BCUT2D eigenvalue weighted by Crippen LogP contribution is -2.37. The lowest BCUT2D eigenvalue weighted by Gasteiger charge is -2.25. The smallest absolute Gasteiger partial charge is 0.406 e. The second kappa shape index (κ2) is 6.66. The zero-order valence-electron chi connectivity index (χ0n) is 13.5. The molecule has 0 N–H and O–H groups in total. The molecular weight excluding hydrogens is 363 g/mol. The molecule has 1 amide bonds. The van der Waals surface area contributed by atoms with Gasteiger partial charge in [-0.3, -0.25) is 9.59 Å².